The summed E-state index contributed by atoms with van der Waals surface area (Å²) >= 11 is 1.58. The van der Waals surface area contributed by atoms with E-state index in [0.29, 0.717) is 37.7 Å². The second-order valence-corrected chi connectivity index (χ2v) is 7.65. The smallest absolute Gasteiger partial charge is 0.243 e. The molecule has 1 saturated heterocycles. The van der Waals surface area contributed by atoms with Crippen molar-refractivity contribution in [2.45, 2.75) is 47.1 Å². The minimum absolute atomic E-state index is 0.0122. The average Bonchev–Trinajstić information content (AvgIpc) is 2.95. The third-order valence-corrected chi connectivity index (χ3v) is 4.85. The third-order valence-electron chi connectivity index (χ3n) is 3.84. The van der Waals surface area contributed by atoms with Crippen LogP contribution in [0.5, 0.6) is 0 Å². The quantitative estimate of drug-likeness (QED) is 0.789. The zero-order chi connectivity index (χ0) is 17.6. The van der Waals surface area contributed by atoms with Crippen LogP contribution in [0.2, 0.25) is 0 Å². The number of amides is 3. The van der Waals surface area contributed by atoms with Gasteiger partial charge in [-0.1, -0.05) is 20.8 Å². The molecule has 1 atom stereocenters. The Kier molecular flexibility index (Phi) is 7.38. The molecular formula is C16H29N3O3S. The molecule has 1 aliphatic rings. The molecule has 1 rings (SSSR count). The Morgan fingerprint density at radius 1 is 1.22 bits per heavy atom. The van der Waals surface area contributed by atoms with Crippen LogP contribution in [0, 0.1) is 5.41 Å². The lowest BCUT2D eigenvalue weighted by molar-refractivity contribution is -0.144. The molecule has 0 aromatic carbocycles. The first kappa shape index (κ1) is 19.8. The first-order chi connectivity index (χ1) is 10.7. The molecule has 1 aliphatic heterocycles. The van der Waals surface area contributed by atoms with E-state index in [9.17, 15) is 14.4 Å². The molecule has 0 spiro atoms. The number of hydrogen-bond acceptors (Lipinski definition) is 4. The fraction of sp³-hybridized carbons (Fsp3) is 0.812. The summed E-state index contributed by atoms with van der Waals surface area (Å²) in [6.45, 7) is 11.1. The summed E-state index contributed by atoms with van der Waals surface area (Å²) in [7, 11) is 0. The zero-order valence-electron chi connectivity index (χ0n) is 14.8. The molecule has 1 heterocycles. The molecule has 132 valence electrons. The summed E-state index contributed by atoms with van der Waals surface area (Å²) in [5.41, 5.74) is -0.498. The van der Waals surface area contributed by atoms with Gasteiger partial charge in [0.2, 0.25) is 17.7 Å². The van der Waals surface area contributed by atoms with E-state index in [0.717, 1.165) is 0 Å². The van der Waals surface area contributed by atoms with E-state index < -0.39 is 11.5 Å². The Morgan fingerprint density at radius 3 is 2.35 bits per heavy atom. The number of hydrogen-bond donors (Lipinski definition) is 1. The Bertz CT molecular complexity index is 444. The number of carbonyl (C=O) groups excluding carboxylic acids is 3. The van der Waals surface area contributed by atoms with Gasteiger partial charge in [0.05, 0.1) is 5.88 Å². The van der Waals surface area contributed by atoms with Gasteiger partial charge in [-0.25, -0.2) is 0 Å². The van der Waals surface area contributed by atoms with Crippen LogP contribution in [0.1, 0.15) is 41.0 Å². The van der Waals surface area contributed by atoms with Crippen molar-refractivity contribution in [3.8, 4) is 0 Å². The highest BCUT2D eigenvalue weighted by atomic mass is 32.2. The fourth-order valence-electron chi connectivity index (χ4n) is 2.44. The van der Waals surface area contributed by atoms with Crippen LogP contribution in [0.3, 0.4) is 0 Å². The molecule has 0 saturated carbocycles. The predicted octanol–water partition coefficient (Wildman–Crippen LogP) is 1.31. The van der Waals surface area contributed by atoms with E-state index in [2.05, 4.69) is 5.32 Å². The second kappa shape index (κ2) is 8.57. The molecule has 0 aliphatic carbocycles. The molecule has 1 N–H and O–H groups in total. The molecule has 0 aromatic rings. The van der Waals surface area contributed by atoms with Crippen LogP contribution < -0.4 is 5.32 Å². The van der Waals surface area contributed by atoms with Crippen molar-refractivity contribution in [3.63, 3.8) is 0 Å². The van der Waals surface area contributed by atoms with Crippen molar-refractivity contribution in [3.05, 3.63) is 0 Å². The van der Waals surface area contributed by atoms with Crippen molar-refractivity contribution in [2.75, 3.05) is 31.3 Å². The van der Waals surface area contributed by atoms with Gasteiger partial charge in [0.25, 0.3) is 0 Å². The van der Waals surface area contributed by atoms with Gasteiger partial charge in [0.15, 0.2) is 0 Å². The summed E-state index contributed by atoms with van der Waals surface area (Å²) in [5.74, 6) is 1.02. The third kappa shape index (κ3) is 5.41. The molecule has 7 heteroatoms. The Morgan fingerprint density at radius 2 is 1.83 bits per heavy atom. The first-order valence-electron chi connectivity index (χ1n) is 8.16. The van der Waals surface area contributed by atoms with Crippen molar-refractivity contribution in [1.82, 2.24) is 15.1 Å². The Balaban J connectivity index is 2.51. The van der Waals surface area contributed by atoms with E-state index in [1.165, 1.54) is 0 Å². The molecule has 0 radical (unpaired) electrons. The molecule has 23 heavy (non-hydrogen) atoms. The van der Waals surface area contributed by atoms with Gasteiger partial charge in [-0.3, -0.25) is 14.4 Å². The maximum absolute atomic E-state index is 12.4. The normalized spacial score (nSPS) is 18.0. The van der Waals surface area contributed by atoms with E-state index >= 15 is 0 Å². The van der Waals surface area contributed by atoms with Crippen LogP contribution in [-0.4, -0.2) is 64.8 Å². The maximum atomic E-state index is 12.4. The summed E-state index contributed by atoms with van der Waals surface area (Å²) in [6, 6.07) is -0.435. The monoisotopic (exact) mass is 343 g/mol. The first-order valence-corrected chi connectivity index (χ1v) is 9.32. The van der Waals surface area contributed by atoms with E-state index in [-0.39, 0.29) is 17.7 Å². The van der Waals surface area contributed by atoms with Crippen LogP contribution in [-0.2, 0) is 14.4 Å². The van der Waals surface area contributed by atoms with Crippen molar-refractivity contribution in [2.24, 2.45) is 5.41 Å². The van der Waals surface area contributed by atoms with Crippen molar-refractivity contribution < 1.29 is 14.4 Å². The number of nitrogens with zero attached hydrogens (tertiary/aromatic N) is 2. The average molecular weight is 343 g/mol. The van der Waals surface area contributed by atoms with Gasteiger partial charge in [-0.2, -0.15) is 0 Å². The van der Waals surface area contributed by atoms with Gasteiger partial charge in [0.1, 0.15) is 6.04 Å². The number of rotatable bonds is 6. The lowest BCUT2D eigenvalue weighted by atomic mass is 9.94. The minimum Gasteiger partial charge on any atom is -0.354 e. The highest BCUT2D eigenvalue weighted by molar-refractivity contribution is 7.99. The summed E-state index contributed by atoms with van der Waals surface area (Å²) in [4.78, 5) is 40.0. The Labute approximate surface area is 143 Å². The second-order valence-electron chi connectivity index (χ2n) is 6.65. The van der Waals surface area contributed by atoms with Crippen LogP contribution >= 0.6 is 11.8 Å². The Hall–Kier alpha value is -1.24. The molecule has 1 fully saturated rings. The zero-order valence-corrected chi connectivity index (χ0v) is 15.7. The number of thioether (sulfide) groups is 1. The van der Waals surface area contributed by atoms with E-state index in [1.807, 2.05) is 34.6 Å². The van der Waals surface area contributed by atoms with Gasteiger partial charge < -0.3 is 15.1 Å². The molecular weight excluding hydrogens is 314 g/mol. The molecule has 0 aromatic heterocycles. The molecule has 3 amide bonds. The highest BCUT2D eigenvalue weighted by Gasteiger charge is 2.38. The SMILES string of the molecule is CCN(CC)C(=O)CCNC(=O)C1CSCN1C(=O)C(C)(C)C. The summed E-state index contributed by atoms with van der Waals surface area (Å²) in [5, 5.41) is 2.80. The summed E-state index contributed by atoms with van der Waals surface area (Å²) < 4.78 is 0. The molecule has 1 unspecified atom stereocenters. The molecule has 0 bridgehead atoms. The minimum atomic E-state index is -0.498. The largest absolute Gasteiger partial charge is 0.354 e. The van der Waals surface area contributed by atoms with Gasteiger partial charge in [0, 0.05) is 37.2 Å². The van der Waals surface area contributed by atoms with E-state index in [1.54, 1.807) is 21.6 Å². The fourth-order valence-corrected chi connectivity index (χ4v) is 3.59. The number of nitrogens with one attached hydrogen (secondary N) is 1. The van der Waals surface area contributed by atoms with Gasteiger partial charge >= 0.3 is 0 Å². The number of carbonyl (C=O) groups is 3. The highest BCUT2D eigenvalue weighted by Crippen LogP contribution is 2.27. The lowest BCUT2D eigenvalue weighted by Gasteiger charge is -2.29. The van der Waals surface area contributed by atoms with Crippen LogP contribution in [0.4, 0.5) is 0 Å². The maximum Gasteiger partial charge on any atom is 0.243 e. The predicted molar refractivity (Wildman–Crippen MR) is 93.0 cm³/mol. The lowest BCUT2D eigenvalue weighted by Crippen LogP contribution is -2.50. The molecule has 6 nitrogen and oxygen atoms in total. The topological polar surface area (TPSA) is 69.7 Å². The van der Waals surface area contributed by atoms with Crippen molar-refractivity contribution in [1.29, 1.82) is 0 Å². The van der Waals surface area contributed by atoms with Gasteiger partial charge in [-0.05, 0) is 13.8 Å². The van der Waals surface area contributed by atoms with Crippen LogP contribution in [0.15, 0.2) is 0 Å². The standard InChI is InChI=1S/C16H29N3O3S/c1-6-18(7-2)13(20)8-9-17-14(21)12-10-23-11-19(12)15(22)16(3,4)5/h12H,6-11H2,1-5H3,(H,17,21). The van der Waals surface area contributed by atoms with Crippen LogP contribution in [0.25, 0.3) is 0 Å². The van der Waals surface area contributed by atoms with Crippen molar-refractivity contribution >= 4 is 29.5 Å². The van der Waals surface area contributed by atoms with E-state index in [4.69, 9.17) is 0 Å². The van der Waals surface area contributed by atoms with Gasteiger partial charge in [-0.15, -0.1) is 11.8 Å². The summed E-state index contributed by atoms with van der Waals surface area (Å²) in [6.07, 6.45) is 0.292.